The fourth-order valence-corrected chi connectivity index (χ4v) is 5.60. The van der Waals surface area contributed by atoms with Crippen LogP contribution in [0.4, 0.5) is 0 Å². The molecule has 1 N–H and O–H groups in total. The first kappa shape index (κ1) is 13.6. The van der Waals surface area contributed by atoms with E-state index >= 15 is 0 Å². The van der Waals surface area contributed by atoms with Gasteiger partial charge in [0, 0.05) is 17.6 Å². The van der Waals surface area contributed by atoms with Gasteiger partial charge in [-0.3, -0.25) is 0 Å². The molecule has 21 heavy (non-hydrogen) atoms. The van der Waals surface area contributed by atoms with Gasteiger partial charge in [-0.1, -0.05) is 18.2 Å². The van der Waals surface area contributed by atoms with Crippen molar-refractivity contribution in [2.75, 3.05) is 7.11 Å². The average molecular weight is 285 g/mol. The van der Waals surface area contributed by atoms with E-state index in [1.54, 1.807) is 7.11 Å². The third kappa shape index (κ3) is 2.38. The molecule has 1 atom stereocenters. The number of hydrogen-bond donors (Lipinski definition) is 1. The Morgan fingerprint density at radius 3 is 2.24 bits per heavy atom. The Balaban J connectivity index is 1.51. The van der Waals surface area contributed by atoms with E-state index in [9.17, 15) is 0 Å². The van der Waals surface area contributed by atoms with Crippen molar-refractivity contribution in [2.45, 2.75) is 51.1 Å². The van der Waals surface area contributed by atoms with Crippen molar-refractivity contribution >= 4 is 0 Å². The van der Waals surface area contributed by atoms with Crippen LogP contribution in [0.25, 0.3) is 0 Å². The summed E-state index contributed by atoms with van der Waals surface area (Å²) >= 11 is 0. The maximum Gasteiger partial charge on any atom is 0.123 e. The minimum atomic E-state index is 0.378. The molecule has 114 valence electrons. The van der Waals surface area contributed by atoms with E-state index in [0.717, 1.165) is 35.5 Å². The lowest BCUT2D eigenvalue weighted by atomic mass is 9.54. The Labute approximate surface area is 128 Å². The summed E-state index contributed by atoms with van der Waals surface area (Å²) in [7, 11) is 1.77. The number of rotatable bonds is 4. The number of hydrogen-bond acceptors (Lipinski definition) is 2. The second-order valence-electron chi connectivity index (χ2n) is 7.59. The summed E-state index contributed by atoms with van der Waals surface area (Å²) < 4.78 is 5.53. The number of para-hydroxylation sites is 1. The first-order chi connectivity index (χ1) is 10.2. The summed E-state index contributed by atoms with van der Waals surface area (Å²) in [5.74, 6) is 4.97. The zero-order chi connectivity index (χ0) is 14.4. The normalized spacial score (nSPS) is 38.5. The van der Waals surface area contributed by atoms with Crippen LogP contribution in [0.2, 0.25) is 0 Å². The highest BCUT2D eigenvalue weighted by Crippen LogP contribution is 2.54. The molecule has 5 rings (SSSR count). The number of benzene rings is 1. The van der Waals surface area contributed by atoms with Crippen LogP contribution < -0.4 is 10.1 Å². The van der Waals surface area contributed by atoms with Crippen LogP contribution in [0, 0.1) is 23.7 Å². The molecule has 0 spiro atoms. The fraction of sp³-hybridized carbons (Fsp3) is 0.684. The van der Waals surface area contributed by atoms with Gasteiger partial charge in [-0.05, 0) is 68.8 Å². The van der Waals surface area contributed by atoms with Gasteiger partial charge in [0.15, 0.2) is 0 Å². The third-order valence-corrected chi connectivity index (χ3v) is 6.27. The molecule has 0 radical (unpaired) electrons. The molecular formula is C19H27NO. The van der Waals surface area contributed by atoms with Gasteiger partial charge in [-0.15, -0.1) is 0 Å². The Hall–Kier alpha value is -1.02. The van der Waals surface area contributed by atoms with Crippen LogP contribution in [-0.4, -0.2) is 13.2 Å². The molecule has 2 heteroatoms. The molecule has 4 fully saturated rings. The Bertz CT molecular complexity index is 484. The first-order valence-electron chi connectivity index (χ1n) is 8.63. The van der Waals surface area contributed by atoms with Crippen molar-refractivity contribution in [3.63, 3.8) is 0 Å². The molecule has 0 amide bonds. The molecule has 0 aromatic heterocycles. The number of ether oxygens (including phenoxy) is 1. The van der Waals surface area contributed by atoms with Crippen LogP contribution in [0.5, 0.6) is 5.75 Å². The van der Waals surface area contributed by atoms with Crippen LogP contribution in [0.1, 0.15) is 50.6 Å². The van der Waals surface area contributed by atoms with E-state index in [4.69, 9.17) is 4.74 Å². The predicted molar refractivity (Wildman–Crippen MR) is 85.4 cm³/mol. The molecule has 1 aromatic carbocycles. The molecule has 4 aliphatic rings. The zero-order valence-corrected chi connectivity index (χ0v) is 13.2. The molecule has 0 heterocycles. The quantitative estimate of drug-likeness (QED) is 0.896. The lowest BCUT2D eigenvalue weighted by Crippen LogP contribution is -2.54. The van der Waals surface area contributed by atoms with Crippen molar-refractivity contribution < 1.29 is 4.74 Å². The number of methoxy groups -OCH3 is 1. The largest absolute Gasteiger partial charge is 0.496 e. The highest BCUT2D eigenvalue weighted by Gasteiger charge is 2.48. The van der Waals surface area contributed by atoms with Gasteiger partial charge in [0.25, 0.3) is 0 Å². The zero-order valence-electron chi connectivity index (χ0n) is 13.2. The second kappa shape index (κ2) is 5.31. The van der Waals surface area contributed by atoms with E-state index in [2.05, 4.69) is 36.5 Å². The molecule has 0 unspecified atom stereocenters. The molecular weight excluding hydrogens is 258 g/mol. The van der Waals surface area contributed by atoms with Crippen LogP contribution in [0.3, 0.4) is 0 Å². The van der Waals surface area contributed by atoms with E-state index in [0.29, 0.717) is 6.04 Å². The van der Waals surface area contributed by atoms with Gasteiger partial charge in [0.05, 0.1) is 7.11 Å². The highest BCUT2D eigenvalue weighted by molar-refractivity contribution is 5.35. The van der Waals surface area contributed by atoms with E-state index < -0.39 is 0 Å². The highest BCUT2D eigenvalue weighted by atomic mass is 16.5. The lowest BCUT2D eigenvalue weighted by molar-refractivity contribution is -0.0171. The Kier molecular flexibility index (Phi) is 3.45. The Morgan fingerprint density at radius 1 is 1.00 bits per heavy atom. The first-order valence-corrected chi connectivity index (χ1v) is 8.63. The van der Waals surface area contributed by atoms with E-state index in [1.165, 1.54) is 37.7 Å². The van der Waals surface area contributed by atoms with Gasteiger partial charge < -0.3 is 10.1 Å². The molecule has 4 bridgehead atoms. The van der Waals surface area contributed by atoms with Crippen LogP contribution in [0.15, 0.2) is 24.3 Å². The predicted octanol–water partition coefficient (Wildman–Crippen LogP) is 4.17. The van der Waals surface area contributed by atoms with E-state index in [-0.39, 0.29) is 0 Å². The monoisotopic (exact) mass is 285 g/mol. The van der Waals surface area contributed by atoms with Gasteiger partial charge in [0.1, 0.15) is 5.75 Å². The smallest absolute Gasteiger partial charge is 0.123 e. The molecule has 1 aromatic rings. The Morgan fingerprint density at radius 2 is 1.62 bits per heavy atom. The average Bonchev–Trinajstić information content (AvgIpc) is 2.50. The topological polar surface area (TPSA) is 21.3 Å². The van der Waals surface area contributed by atoms with Crippen LogP contribution >= 0.6 is 0 Å². The summed E-state index contributed by atoms with van der Waals surface area (Å²) in [5, 5.41) is 3.97. The summed E-state index contributed by atoms with van der Waals surface area (Å²) in [6.45, 7) is 2.29. The van der Waals surface area contributed by atoms with Crippen molar-refractivity contribution in [2.24, 2.45) is 23.7 Å². The fourth-order valence-electron chi connectivity index (χ4n) is 5.60. The summed E-state index contributed by atoms with van der Waals surface area (Å²) in [5.41, 5.74) is 1.30. The molecule has 0 aliphatic heterocycles. The van der Waals surface area contributed by atoms with E-state index in [1.807, 2.05) is 0 Å². The van der Waals surface area contributed by atoms with Crippen LogP contribution in [-0.2, 0) is 0 Å². The molecule has 2 nitrogen and oxygen atoms in total. The maximum atomic E-state index is 5.53. The summed E-state index contributed by atoms with van der Waals surface area (Å²) in [6, 6.07) is 9.56. The summed E-state index contributed by atoms with van der Waals surface area (Å²) in [4.78, 5) is 0. The second-order valence-corrected chi connectivity index (χ2v) is 7.59. The van der Waals surface area contributed by atoms with Gasteiger partial charge >= 0.3 is 0 Å². The minimum absolute atomic E-state index is 0.378. The van der Waals surface area contributed by atoms with Crippen molar-refractivity contribution in [1.29, 1.82) is 0 Å². The van der Waals surface area contributed by atoms with Crippen molar-refractivity contribution in [3.8, 4) is 5.75 Å². The SMILES string of the molecule is COc1ccccc1[C@@H](C)NC1C2CC3CC(C2)CC1C3. The molecule has 4 aliphatic carbocycles. The molecule has 0 saturated heterocycles. The van der Waals surface area contributed by atoms with Crippen molar-refractivity contribution in [3.05, 3.63) is 29.8 Å². The van der Waals surface area contributed by atoms with Gasteiger partial charge in [0.2, 0.25) is 0 Å². The standard InChI is InChI=1S/C19H27NO/c1-12(17-5-3-4-6-18(17)21-2)20-19-15-8-13-7-14(10-15)11-16(19)9-13/h3-6,12-16,19-20H,7-11H2,1-2H3/t12-,13?,14?,15?,16?,19?/m1/s1. The summed E-state index contributed by atoms with van der Waals surface area (Å²) in [6.07, 6.45) is 7.43. The minimum Gasteiger partial charge on any atom is -0.496 e. The van der Waals surface area contributed by atoms with Crippen molar-refractivity contribution in [1.82, 2.24) is 5.32 Å². The van der Waals surface area contributed by atoms with Gasteiger partial charge in [-0.2, -0.15) is 0 Å². The maximum absolute atomic E-state index is 5.53. The number of nitrogens with one attached hydrogen (secondary N) is 1. The van der Waals surface area contributed by atoms with Gasteiger partial charge in [-0.25, -0.2) is 0 Å². The lowest BCUT2D eigenvalue weighted by Gasteiger charge is -2.55. The third-order valence-electron chi connectivity index (χ3n) is 6.27. The molecule has 4 saturated carbocycles.